The fourth-order valence-corrected chi connectivity index (χ4v) is 2.02. The van der Waals surface area contributed by atoms with Crippen molar-refractivity contribution in [3.05, 3.63) is 34.4 Å². The molecule has 1 N–H and O–H groups in total. The Morgan fingerprint density at radius 2 is 1.78 bits per heavy atom. The Labute approximate surface area is 107 Å². The van der Waals surface area contributed by atoms with E-state index in [9.17, 15) is 8.78 Å². The van der Waals surface area contributed by atoms with Crippen molar-refractivity contribution in [2.24, 2.45) is 0 Å². The lowest BCUT2D eigenvalue weighted by atomic mass is 10.00. The Morgan fingerprint density at radius 1 is 1.17 bits per heavy atom. The second-order valence-corrected chi connectivity index (χ2v) is 4.52. The molecule has 0 saturated heterocycles. The van der Waals surface area contributed by atoms with E-state index in [0.717, 1.165) is 6.54 Å². The summed E-state index contributed by atoms with van der Waals surface area (Å²) >= 11 is 0. The van der Waals surface area contributed by atoms with E-state index in [2.05, 4.69) is 38.2 Å². The van der Waals surface area contributed by atoms with E-state index >= 15 is 0 Å². The first-order valence-electron chi connectivity index (χ1n) is 6.14. The Kier molecular flexibility index (Phi) is 6.22. The minimum atomic E-state index is -2.38. The molecule has 0 aromatic heterocycles. The van der Waals surface area contributed by atoms with Gasteiger partial charge in [-0.2, -0.15) is 0 Å². The number of rotatable bonds is 7. The minimum absolute atomic E-state index is 0.314. The van der Waals surface area contributed by atoms with Gasteiger partial charge in [0.15, 0.2) is 0 Å². The molecule has 0 amide bonds. The van der Waals surface area contributed by atoms with E-state index in [0.29, 0.717) is 13.2 Å². The van der Waals surface area contributed by atoms with Crippen molar-refractivity contribution in [2.45, 2.75) is 33.7 Å². The van der Waals surface area contributed by atoms with Crippen LogP contribution in [-0.2, 0) is 11.3 Å². The van der Waals surface area contributed by atoms with Crippen LogP contribution in [0.15, 0.2) is 12.1 Å². The number of benzene rings is 1. The molecule has 1 aromatic carbocycles. The summed E-state index contributed by atoms with van der Waals surface area (Å²) in [6, 6.07) is 4.30. The molecule has 0 atom stereocenters. The quantitative estimate of drug-likeness (QED) is 0.758. The second-order valence-electron chi connectivity index (χ2n) is 4.52. The zero-order chi connectivity index (χ0) is 13.5. The molecule has 0 radical (unpaired) electrons. The van der Waals surface area contributed by atoms with E-state index in [4.69, 9.17) is 4.74 Å². The molecule has 1 rings (SSSR count). The summed E-state index contributed by atoms with van der Waals surface area (Å²) in [7, 11) is 0. The van der Waals surface area contributed by atoms with Gasteiger partial charge >= 0.3 is 0 Å². The molecule has 102 valence electrons. The van der Waals surface area contributed by atoms with Crippen LogP contribution in [0.1, 0.15) is 22.3 Å². The first kappa shape index (κ1) is 15.1. The Hall–Kier alpha value is -1.00. The predicted molar refractivity (Wildman–Crippen MR) is 69.2 cm³/mol. The number of ether oxygens (including phenoxy) is 1. The molecule has 4 heteroatoms. The summed E-state index contributed by atoms with van der Waals surface area (Å²) in [4.78, 5) is 0. The summed E-state index contributed by atoms with van der Waals surface area (Å²) in [6.07, 6.45) is -2.38. The van der Waals surface area contributed by atoms with Gasteiger partial charge in [0.05, 0.1) is 6.61 Å². The van der Waals surface area contributed by atoms with E-state index in [1.807, 2.05) is 0 Å². The van der Waals surface area contributed by atoms with Crippen LogP contribution in [0.25, 0.3) is 0 Å². The van der Waals surface area contributed by atoms with E-state index in [-0.39, 0.29) is 0 Å². The number of hydrogen-bond acceptors (Lipinski definition) is 2. The first-order valence-corrected chi connectivity index (χ1v) is 6.14. The monoisotopic (exact) mass is 257 g/mol. The lowest BCUT2D eigenvalue weighted by Gasteiger charge is -2.12. The molecule has 18 heavy (non-hydrogen) atoms. The molecule has 0 bridgehead atoms. The van der Waals surface area contributed by atoms with Gasteiger partial charge in [0, 0.05) is 13.1 Å². The van der Waals surface area contributed by atoms with Crippen LogP contribution in [0, 0.1) is 20.8 Å². The van der Waals surface area contributed by atoms with Gasteiger partial charge in [0.1, 0.15) is 6.61 Å². The van der Waals surface area contributed by atoms with Crippen LogP contribution < -0.4 is 5.32 Å². The highest BCUT2D eigenvalue weighted by molar-refractivity contribution is 5.37. The summed E-state index contributed by atoms with van der Waals surface area (Å²) in [5.74, 6) is 0. The van der Waals surface area contributed by atoms with Crippen molar-refractivity contribution in [1.82, 2.24) is 5.32 Å². The van der Waals surface area contributed by atoms with Crippen molar-refractivity contribution in [2.75, 3.05) is 19.8 Å². The molecule has 2 nitrogen and oxygen atoms in total. The maximum absolute atomic E-state index is 11.8. The average molecular weight is 257 g/mol. The minimum Gasteiger partial charge on any atom is -0.374 e. The normalized spacial score (nSPS) is 11.2. The van der Waals surface area contributed by atoms with Gasteiger partial charge in [-0.3, -0.25) is 0 Å². The fraction of sp³-hybridized carbons (Fsp3) is 0.571. The molecule has 0 saturated carbocycles. The van der Waals surface area contributed by atoms with Crippen molar-refractivity contribution >= 4 is 0 Å². The molecule has 0 aliphatic heterocycles. The van der Waals surface area contributed by atoms with Crippen molar-refractivity contribution in [3.63, 3.8) is 0 Å². The van der Waals surface area contributed by atoms with Crippen LogP contribution in [0.5, 0.6) is 0 Å². The molecular formula is C14H21F2NO. The van der Waals surface area contributed by atoms with Crippen LogP contribution in [-0.4, -0.2) is 26.2 Å². The molecule has 0 heterocycles. The Balaban J connectivity index is 2.31. The Bertz CT molecular complexity index is 357. The van der Waals surface area contributed by atoms with Crippen LogP contribution in [0.3, 0.4) is 0 Å². The topological polar surface area (TPSA) is 21.3 Å². The molecule has 1 aromatic rings. The maximum Gasteiger partial charge on any atom is 0.261 e. The number of hydrogen-bond donors (Lipinski definition) is 1. The molecule has 0 aliphatic carbocycles. The van der Waals surface area contributed by atoms with E-state index < -0.39 is 13.0 Å². The molecule has 0 fully saturated rings. The summed E-state index contributed by atoms with van der Waals surface area (Å²) in [5, 5.41) is 3.21. The third kappa shape index (κ3) is 5.10. The predicted octanol–water partition coefficient (Wildman–Crippen LogP) is 2.98. The number of halogens is 2. The molecule has 0 unspecified atom stereocenters. The molecule has 0 spiro atoms. The highest BCUT2D eigenvalue weighted by Gasteiger charge is 2.04. The number of alkyl halides is 2. The highest BCUT2D eigenvalue weighted by Crippen LogP contribution is 2.15. The standard InChI is InChI=1S/C14H21F2NO/c1-10-6-11(2)13(12(3)7-10)8-17-4-5-18-9-14(15)16/h6-7,14,17H,4-5,8-9H2,1-3H3. The zero-order valence-corrected chi connectivity index (χ0v) is 11.2. The van der Waals surface area contributed by atoms with Crippen LogP contribution in [0.2, 0.25) is 0 Å². The molecule has 0 aliphatic rings. The van der Waals surface area contributed by atoms with E-state index in [1.54, 1.807) is 0 Å². The Morgan fingerprint density at radius 3 is 2.33 bits per heavy atom. The molecular weight excluding hydrogens is 236 g/mol. The van der Waals surface area contributed by atoms with Crippen LogP contribution in [0.4, 0.5) is 8.78 Å². The second kappa shape index (κ2) is 7.44. The lowest BCUT2D eigenvalue weighted by molar-refractivity contribution is 0.0187. The summed E-state index contributed by atoms with van der Waals surface area (Å²) in [5.41, 5.74) is 5.05. The third-order valence-corrected chi connectivity index (χ3v) is 2.81. The zero-order valence-electron chi connectivity index (χ0n) is 11.2. The number of nitrogens with one attached hydrogen (secondary N) is 1. The summed E-state index contributed by atoms with van der Waals surface area (Å²) < 4.78 is 28.4. The SMILES string of the molecule is Cc1cc(C)c(CNCCOCC(F)F)c(C)c1. The smallest absolute Gasteiger partial charge is 0.261 e. The highest BCUT2D eigenvalue weighted by atomic mass is 19.3. The first-order chi connectivity index (χ1) is 8.50. The average Bonchev–Trinajstić information content (AvgIpc) is 2.25. The van der Waals surface area contributed by atoms with Crippen molar-refractivity contribution in [3.8, 4) is 0 Å². The fourth-order valence-electron chi connectivity index (χ4n) is 2.02. The van der Waals surface area contributed by atoms with Gasteiger partial charge in [-0.1, -0.05) is 17.7 Å². The van der Waals surface area contributed by atoms with Gasteiger partial charge in [-0.25, -0.2) is 8.78 Å². The third-order valence-electron chi connectivity index (χ3n) is 2.81. The van der Waals surface area contributed by atoms with Crippen molar-refractivity contribution < 1.29 is 13.5 Å². The maximum atomic E-state index is 11.8. The van der Waals surface area contributed by atoms with Gasteiger partial charge in [0.2, 0.25) is 0 Å². The lowest BCUT2D eigenvalue weighted by Crippen LogP contribution is -2.21. The van der Waals surface area contributed by atoms with E-state index in [1.165, 1.54) is 22.3 Å². The van der Waals surface area contributed by atoms with Crippen LogP contribution >= 0.6 is 0 Å². The van der Waals surface area contributed by atoms with Gasteiger partial charge in [0.25, 0.3) is 6.43 Å². The summed E-state index contributed by atoms with van der Waals surface area (Å²) in [6.45, 7) is 7.41. The largest absolute Gasteiger partial charge is 0.374 e. The van der Waals surface area contributed by atoms with Gasteiger partial charge < -0.3 is 10.1 Å². The van der Waals surface area contributed by atoms with Crippen molar-refractivity contribution in [1.29, 1.82) is 0 Å². The van der Waals surface area contributed by atoms with Gasteiger partial charge in [-0.05, 0) is 37.5 Å². The van der Waals surface area contributed by atoms with Gasteiger partial charge in [-0.15, -0.1) is 0 Å². The number of aryl methyl sites for hydroxylation is 3.